The molecule has 0 amide bonds. The molecule has 6 heteroatoms. The van der Waals surface area contributed by atoms with Gasteiger partial charge < -0.3 is 30.9 Å². The maximum atomic E-state index is 9.37. The van der Waals surface area contributed by atoms with E-state index in [0.29, 0.717) is 0 Å². The van der Waals surface area contributed by atoms with Gasteiger partial charge in [0.2, 0.25) is 5.79 Å². The van der Waals surface area contributed by atoms with Gasteiger partial charge in [-0.3, -0.25) is 0 Å². The van der Waals surface area contributed by atoms with E-state index in [0.717, 1.165) is 0 Å². The Kier molecular flexibility index (Phi) is 2.67. The van der Waals surface area contributed by atoms with E-state index in [1.165, 1.54) is 0 Å². The Morgan fingerprint density at radius 2 is 2.00 bits per heavy atom. The molecule has 0 aromatic carbocycles. The molecule has 4 atom stereocenters. The van der Waals surface area contributed by atoms with E-state index in [9.17, 15) is 15.3 Å². The molecule has 6 N–H and O–H groups in total. The van der Waals surface area contributed by atoms with Gasteiger partial charge in [0, 0.05) is 6.54 Å². The van der Waals surface area contributed by atoms with Crippen LogP contribution in [0.1, 0.15) is 0 Å². The van der Waals surface area contributed by atoms with Gasteiger partial charge in [-0.1, -0.05) is 0 Å². The van der Waals surface area contributed by atoms with Crippen molar-refractivity contribution in [1.29, 1.82) is 0 Å². The number of nitrogens with two attached hydrogens (primary N) is 1. The first-order chi connectivity index (χ1) is 5.55. The first-order valence-electron chi connectivity index (χ1n) is 3.62. The molecule has 1 rings (SSSR count). The number of ether oxygens (including phenoxy) is 1. The Morgan fingerprint density at radius 3 is 2.25 bits per heavy atom. The lowest BCUT2D eigenvalue weighted by atomic mass is 10.1. The fourth-order valence-electron chi connectivity index (χ4n) is 1.19. The molecule has 0 saturated carbocycles. The van der Waals surface area contributed by atoms with Gasteiger partial charge >= 0.3 is 0 Å². The minimum Gasteiger partial charge on any atom is -0.394 e. The minimum absolute atomic E-state index is 0.332. The van der Waals surface area contributed by atoms with Gasteiger partial charge in [-0.05, 0) is 0 Å². The molecule has 0 aromatic rings. The van der Waals surface area contributed by atoms with Crippen LogP contribution in [0, 0.1) is 0 Å². The SMILES string of the molecule is NCC1(O)OC(CO)[C@@H](O)[C@@H]1O. The monoisotopic (exact) mass is 179 g/mol. The lowest BCUT2D eigenvalue weighted by molar-refractivity contribution is -0.222. The van der Waals surface area contributed by atoms with Crippen molar-refractivity contribution in [2.24, 2.45) is 5.73 Å². The number of rotatable bonds is 2. The van der Waals surface area contributed by atoms with Crippen LogP contribution in [0.25, 0.3) is 0 Å². The Balaban J connectivity index is 2.72. The van der Waals surface area contributed by atoms with Crippen LogP contribution in [0.3, 0.4) is 0 Å². The standard InChI is InChI=1S/C6H13NO5/c7-2-6(11)5(10)4(9)3(1-8)12-6/h3-5,8-11H,1-2,7H2/t3?,4-,5+,6?/m1/s1. The van der Waals surface area contributed by atoms with Crippen molar-refractivity contribution in [3.05, 3.63) is 0 Å². The van der Waals surface area contributed by atoms with E-state index in [1.807, 2.05) is 0 Å². The zero-order valence-electron chi connectivity index (χ0n) is 6.42. The Morgan fingerprint density at radius 1 is 1.42 bits per heavy atom. The second-order valence-corrected chi connectivity index (χ2v) is 2.82. The average molecular weight is 179 g/mol. The number of aliphatic hydroxyl groups is 4. The summed E-state index contributed by atoms with van der Waals surface area (Å²) in [6, 6.07) is 0. The molecule has 12 heavy (non-hydrogen) atoms. The van der Waals surface area contributed by atoms with Crippen LogP contribution in [-0.2, 0) is 4.74 Å². The minimum atomic E-state index is -1.94. The molecule has 0 radical (unpaired) electrons. The molecule has 72 valence electrons. The topological polar surface area (TPSA) is 116 Å². The van der Waals surface area contributed by atoms with Gasteiger partial charge in [0.05, 0.1) is 6.61 Å². The van der Waals surface area contributed by atoms with Crippen molar-refractivity contribution in [3.63, 3.8) is 0 Å². The van der Waals surface area contributed by atoms with Crippen molar-refractivity contribution in [3.8, 4) is 0 Å². The molecule has 1 aliphatic heterocycles. The summed E-state index contributed by atoms with van der Waals surface area (Å²) in [6.45, 7) is -0.803. The van der Waals surface area contributed by atoms with Crippen molar-refractivity contribution >= 4 is 0 Å². The molecule has 0 bridgehead atoms. The largest absolute Gasteiger partial charge is 0.394 e. The first kappa shape index (κ1) is 9.85. The van der Waals surface area contributed by atoms with Crippen LogP contribution in [-0.4, -0.2) is 57.7 Å². The lowest BCUT2D eigenvalue weighted by Crippen LogP contribution is -2.48. The summed E-state index contributed by atoms with van der Waals surface area (Å²) >= 11 is 0. The highest BCUT2D eigenvalue weighted by Gasteiger charge is 2.52. The molecule has 1 fully saturated rings. The van der Waals surface area contributed by atoms with E-state index >= 15 is 0 Å². The molecule has 2 unspecified atom stereocenters. The van der Waals surface area contributed by atoms with E-state index < -0.39 is 30.7 Å². The maximum Gasteiger partial charge on any atom is 0.207 e. The van der Waals surface area contributed by atoms with Crippen molar-refractivity contribution in [2.45, 2.75) is 24.1 Å². The predicted octanol–water partition coefficient (Wildman–Crippen LogP) is -3.25. The van der Waals surface area contributed by atoms with Crippen LogP contribution in [0.4, 0.5) is 0 Å². The Bertz CT molecular complexity index is 166. The molecular formula is C6H13NO5. The van der Waals surface area contributed by atoms with Crippen LogP contribution < -0.4 is 5.73 Å². The summed E-state index contributed by atoms with van der Waals surface area (Å²) in [4.78, 5) is 0. The zero-order valence-corrected chi connectivity index (χ0v) is 6.42. The normalized spacial score (nSPS) is 48.2. The Labute approximate surface area is 69.2 Å². The summed E-state index contributed by atoms with van der Waals surface area (Å²) in [5.74, 6) is -1.94. The molecular weight excluding hydrogens is 166 g/mol. The van der Waals surface area contributed by atoms with Crippen molar-refractivity contribution in [2.75, 3.05) is 13.2 Å². The number of hydrogen-bond acceptors (Lipinski definition) is 6. The highest BCUT2D eigenvalue weighted by molar-refractivity contribution is 4.95. The van der Waals surface area contributed by atoms with E-state index in [2.05, 4.69) is 0 Å². The molecule has 0 spiro atoms. The average Bonchev–Trinajstić information content (AvgIpc) is 2.31. The third-order valence-corrected chi connectivity index (χ3v) is 1.99. The lowest BCUT2D eigenvalue weighted by Gasteiger charge is -2.23. The summed E-state index contributed by atoms with van der Waals surface area (Å²) < 4.78 is 4.75. The van der Waals surface area contributed by atoms with Crippen molar-refractivity contribution in [1.82, 2.24) is 0 Å². The predicted molar refractivity (Wildman–Crippen MR) is 38.0 cm³/mol. The molecule has 1 saturated heterocycles. The van der Waals surface area contributed by atoms with Crippen molar-refractivity contribution < 1.29 is 25.2 Å². The summed E-state index contributed by atoms with van der Waals surface area (Å²) in [6.07, 6.45) is -3.75. The quantitative estimate of drug-likeness (QED) is 0.304. The van der Waals surface area contributed by atoms with Crippen LogP contribution >= 0.6 is 0 Å². The van der Waals surface area contributed by atoms with Crippen LogP contribution in [0.15, 0.2) is 0 Å². The van der Waals surface area contributed by atoms with E-state index in [4.69, 9.17) is 15.6 Å². The molecule has 1 aliphatic rings. The fraction of sp³-hybridized carbons (Fsp3) is 1.00. The maximum absolute atomic E-state index is 9.37. The van der Waals surface area contributed by atoms with Gasteiger partial charge in [0.1, 0.15) is 18.3 Å². The molecule has 0 aromatic heterocycles. The summed E-state index contributed by atoms with van der Waals surface area (Å²) in [5, 5.41) is 36.4. The third-order valence-electron chi connectivity index (χ3n) is 1.99. The van der Waals surface area contributed by atoms with Gasteiger partial charge in [0.25, 0.3) is 0 Å². The summed E-state index contributed by atoms with van der Waals surface area (Å²) in [5.41, 5.74) is 5.11. The van der Waals surface area contributed by atoms with Gasteiger partial charge in [-0.15, -0.1) is 0 Å². The number of aliphatic hydroxyl groups excluding tert-OH is 3. The second-order valence-electron chi connectivity index (χ2n) is 2.82. The fourth-order valence-corrected chi connectivity index (χ4v) is 1.19. The zero-order chi connectivity index (χ0) is 9.35. The summed E-state index contributed by atoms with van der Waals surface area (Å²) in [7, 11) is 0. The highest BCUT2D eigenvalue weighted by atomic mass is 16.7. The highest BCUT2D eigenvalue weighted by Crippen LogP contribution is 2.27. The van der Waals surface area contributed by atoms with Gasteiger partial charge in [0.15, 0.2) is 0 Å². The molecule has 1 heterocycles. The van der Waals surface area contributed by atoms with E-state index in [1.54, 1.807) is 0 Å². The van der Waals surface area contributed by atoms with Gasteiger partial charge in [-0.25, -0.2) is 0 Å². The van der Waals surface area contributed by atoms with Crippen LogP contribution in [0.2, 0.25) is 0 Å². The van der Waals surface area contributed by atoms with Gasteiger partial charge in [-0.2, -0.15) is 0 Å². The smallest absolute Gasteiger partial charge is 0.207 e. The molecule has 0 aliphatic carbocycles. The number of hydrogen-bond donors (Lipinski definition) is 5. The van der Waals surface area contributed by atoms with Crippen LogP contribution in [0.5, 0.6) is 0 Å². The van der Waals surface area contributed by atoms with E-state index in [-0.39, 0.29) is 6.54 Å². The second kappa shape index (κ2) is 3.25. The Hall–Kier alpha value is -0.240. The third kappa shape index (κ3) is 1.33. The first-order valence-corrected chi connectivity index (χ1v) is 3.62. The molecule has 6 nitrogen and oxygen atoms in total.